The van der Waals surface area contributed by atoms with Gasteiger partial charge in [0, 0.05) is 11.7 Å². The number of carbonyl (C=O) groups is 2. The Labute approximate surface area is 144 Å². The zero-order valence-corrected chi connectivity index (χ0v) is 14.6. The molecule has 0 saturated carbocycles. The molecule has 0 aliphatic heterocycles. The quantitative estimate of drug-likeness (QED) is 0.799. The number of nitrogens with one attached hydrogen (secondary N) is 2. The summed E-state index contributed by atoms with van der Waals surface area (Å²) >= 11 is 0. The summed E-state index contributed by atoms with van der Waals surface area (Å²) in [4.78, 5) is 24.0. The predicted molar refractivity (Wildman–Crippen MR) is 88.1 cm³/mol. The van der Waals surface area contributed by atoms with E-state index in [1.165, 1.54) is 0 Å². The highest BCUT2D eigenvalue weighted by Gasteiger charge is 2.30. The Bertz CT molecular complexity index is 584. The molecule has 2 N–H and O–H groups in total. The summed E-state index contributed by atoms with van der Waals surface area (Å²) in [6.07, 6.45) is -5.99. The van der Waals surface area contributed by atoms with Crippen LogP contribution in [0, 0.1) is 5.92 Å². The second kappa shape index (κ2) is 8.73. The molecular formula is C17H23F3N2O3. The maximum atomic E-state index is 12.5. The molecule has 2 amide bonds. The average Bonchev–Trinajstić information content (AvgIpc) is 2.44. The number of alkyl halides is 3. The van der Waals surface area contributed by atoms with Gasteiger partial charge in [0.2, 0.25) is 0 Å². The fraction of sp³-hybridized carbons (Fsp3) is 0.529. The van der Waals surface area contributed by atoms with E-state index in [1.807, 2.05) is 13.8 Å². The first-order valence-corrected chi connectivity index (χ1v) is 7.94. The molecule has 1 atom stereocenters. The lowest BCUT2D eigenvalue weighted by molar-refractivity contribution is -0.137. The molecule has 0 bridgehead atoms. The van der Waals surface area contributed by atoms with E-state index in [9.17, 15) is 22.8 Å². The highest BCUT2D eigenvalue weighted by Crippen LogP contribution is 2.29. The van der Waals surface area contributed by atoms with Crippen LogP contribution in [0.2, 0.25) is 0 Å². The molecule has 25 heavy (non-hydrogen) atoms. The Morgan fingerprint density at radius 2 is 1.64 bits per heavy atom. The standard InChI is InChI=1S/C17H23F3N2O3/c1-10(2)9-14(15(23)21-11(3)4)25-16(24)22-13-7-5-12(6-8-13)17(18,19)20/h5-8,10-11,14H,9H2,1-4H3,(H,21,23)(H,22,24)/t14-/m0/s1. The van der Waals surface area contributed by atoms with Crippen molar-refractivity contribution in [3.05, 3.63) is 29.8 Å². The van der Waals surface area contributed by atoms with Gasteiger partial charge in [-0.2, -0.15) is 13.2 Å². The minimum atomic E-state index is -4.45. The van der Waals surface area contributed by atoms with Crippen molar-refractivity contribution < 1.29 is 27.5 Å². The Morgan fingerprint density at radius 3 is 2.08 bits per heavy atom. The minimum absolute atomic E-state index is 0.108. The normalized spacial score (nSPS) is 12.8. The van der Waals surface area contributed by atoms with E-state index in [4.69, 9.17) is 4.74 Å². The third kappa shape index (κ3) is 7.45. The summed E-state index contributed by atoms with van der Waals surface area (Å²) in [7, 11) is 0. The molecule has 0 spiro atoms. The average molecular weight is 360 g/mol. The maximum Gasteiger partial charge on any atom is 0.416 e. The van der Waals surface area contributed by atoms with Gasteiger partial charge in [0.1, 0.15) is 0 Å². The summed E-state index contributed by atoms with van der Waals surface area (Å²) in [6.45, 7) is 7.33. The minimum Gasteiger partial charge on any atom is -0.436 e. The SMILES string of the molecule is CC(C)C[C@H](OC(=O)Nc1ccc(C(F)(F)F)cc1)C(=O)NC(C)C. The topological polar surface area (TPSA) is 67.4 Å². The number of rotatable bonds is 6. The number of amides is 2. The van der Waals surface area contributed by atoms with Crippen LogP contribution in [0.1, 0.15) is 39.7 Å². The first-order chi connectivity index (χ1) is 11.5. The van der Waals surface area contributed by atoms with E-state index in [-0.39, 0.29) is 17.6 Å². The molecule has 5 nitrogen and oxygen atoms in total. The molecule has 0 heterocycles. The zero-order valence-electron chi connectivity index (χ0n) is 14.6. The molecule has 0 aliphatic rings. The van der Waals surface area contributed by atoms with E-state index in [0.717, 1.165) is 24.3 Å². The second-order valence-corrected chi connectivity index (χ2v) is 6.39. The van der Waals surface area contributed by atoms with Crippen LogP contribution in [0.15, 0.2) is 24.3 Å². The van der Waals surface area contributed by atoms with Crippen molar-refractivity contribution in [3.63, 3.8) is 0 Å². The number of halogens is 3. The molecule has 1 aromatic carbocycles. The number of hydrogen-bond donors (Lipinski definition) is 2. The van der Waals surface area contributed by atoms with Gasteiger partial charge in [-0.05, 0) is 50.5 Å². The lowest BCUT2D eigenvalue weighted by Crippen LogP contribution is -2.42. The third-order valence-corrected chi connectivity index (χ3v) is 3.12. The highest BCUT2D eigenvalue weighted by atomic mass is 19.4. The Morgan fingerprint density at radius 1 is 1.08 bits per heavy atom. The van der Waals surface area contributed by atoms with Crippen molar-refractivity contribution in [1.82, 2.24) is 5.32 Å². The molecule has 0 saturated heterocycles. The van der Waals surface area contributed by atoms with Gasteiger partial charge in [0.15, 0.2) is 6.10 Å². The van der Waals surface area contributed by atoms with Gasteiger partial charge >= 0.3 is 12.3 Å². The predicted octanol–water partition coefficient (Wildman–Crippen LogP) is 4.19. The van der Waals surface area contributed by atoms with Gasteiger partial charge < -0.3 is 10.1 Å². The maximum absolute atomic E-state index is 12.5. The molecule has 0 aromatic heterocycles. The van der Waals surface area contributed by atoms with Crippen LogP contribution < -0.4 is 10.6 Å². The Kier molecular flexibility index (Phi) is 7.26. The fourth-order valence-corrected chi connectivity index (χ4v) is 2.03. The van der Waals surface area contributed by atoms with Crippen LogP contribution in [0.4, 0.5) is 23.7 Å². The van der Waals surface area contributed by atoms with Crippen LogP contribution in [-0.4, -0.2) is 24.1 Å². The second-order valence-electron chi connectivity index (χ2n) is 6.39. The first-order valence-electron chi connectivity index (χ1n) is 7.94. The number of hydrogen-bond acceptors (Lipinski definition) is 3. The summed E-state index contributed by atoms with van der Waals surface area (Å²) in [6, 6.07) is 3.84. The summed E-state index contributed by atoms with van der Waals surface area (Å²) in [5, 5.41) is 5.00. The molecule has 0 unspecified atom stereocenters. The number of ether oxygens (including phenoxy) is 1. The number of anilines is 1. The smallest absolute Gasteiger partial charge is 0.416 e. The summed E-state index contributed by atoms with van der Waals surface area (Å²) in [5.41, 5.74) is -0.675. The Balaban J connectivity index is 2.72. The van der Waals surface area contributed by atoms with Gasteiger partial charge in [-0.1, -0.05) is 13.8 Å². The van der Waals surface area contributed by atoms with Gasteiger partial charge in [-0.15, -0.1) is 0 Å². The highest BCUT2D eigenvalue weighted by molar-refractivity contribution is 5.88. The van der Waals surface area contributed by atoms with E-state index < -0.39 is 29.8 Å². The van der Waals surface area contributed by atoms with Crippen molar-refractivity contribution >= 4 is 17.7 Å². The molecule has 1 aromatic rings. The van der Waals surface area contributed by atoms with Gasteiger partial charge in [-0.25, -0.2) is 4.79 Å². The molecular weight excluding hydrogens is 337 g/mol. The molecule has 8 heteroatoms. The lowest BCUT2D eigenvalue weighted by Gasteiger charge is -2.20. The van der Waals surface area contributed by atoms with Crippen molar-refractivity contribution in [3.8, 4) is 0 Å². The largest absolute Gasteiger partial charge is 0.436 e. The van der Waals surface area contributed by atoms with E-state index in [2.05, 4.69) is 10.6 Å². The molecule has 0 radical (unpaired) electrons. The third-order valence-electron chi connectivity index (χ3n) is 3.12. The number of benzene rings is 1. The summed E-state index contributed by atoms with van der Waals surface area (Å²) < 4.78 is 42.7. The van der Waals surface area contributed by atoms with E-state index >= 15 is 0 Å². The van der Waals surface area contributed by atoms with Gasteiger partial charge in [-0.3, -0.25) is 10.1 Å². The van der Waals surface area contributed by atoms with Crippen molar-refractivity contribution in [2.24, 2.45) is 5.92 Å². The van der Waals surface area contributed by atoms with Gasteiger partial charge in [0.05, 0.1) is 5.56 Å². The fourth-order valence-electron chi connectivity index (χ4n) is 2.03. The number of carbonyl (C=O) groups excluding carboxylic acids is 2. The Hall–Kier alpha value is -2.25. The molecule has 0 fully saturated rings. The van der Waals surface area contributed by atoms with Crippen LogP contribution >= 0.6 is 0 Å². The van der Waals surface area contributed by atoms with Crippen LogP contribution in [0.5, 0.6) is 0 Å². The zero-order chi connectivity index (χ0) is 19.2. The molecule has 1 rings (SSSR count). The summed E-state index contributed by atoms with van der Waals surface area (Å²) in [5.74, 6) is -0.298. The van der Waals surface area contributed by atoms with Crippen LogP contribution in [0.25, 0.3) is 0 Å². The monoisotopic (exact) mass is 360 g/mol. The molecule has 140 valence electrons. The molecule has 0 aliphatic carbocycles. The first kappa shape index (κ1) is 20.8. The van der Waals surface area contributed by atoms with Crippen LogP contribution in [-0.2, 0) is 15.7 Å². The van der Waals surface area contributed by atoms with Gasteiger partial charge in [0.25, 0.3) is 5.91 Å². The van der Waals surface area contributed by atoms with E-state index in [0.29, 0.717) is 6.42 Å². The van der Waals surface area contributed by atoms with E-state index in [1.54, 1.807) is 13.8 Å². The lowest BCUT2D eigenvalue weighted by atomic mass is 10.1. The van der Waals surface area contributed by atoms with Crippen molar-refractivity contribution in [1.29, 1.82) is 0 Å². The van der Waals surface area contributed by atoms with Crippen molar-refractivity contribution in [2.75, 3.05) is 5.32 Å². The van der Waals surface area contributed by atoms with Crippen LogP contribution in [0.3, 0.4) is 0 Å². The van der Waals surface area contributed by atoms with Crippen molar-refractivity contribution in [2.45, 2.75) is 52.4 Å².